The summed E-state index contributed by atoms with van der Waals surface area (Å²) in [6, 6.07) is 4.30. The second-order valence-electron chi connectivity index (χ2n) is 6.52. The molecular formula is C18H30N2O2. The van der Waals surface area contributed by atoms with E-state index in [9.17, 15) is 5.11 Å². The van der Waals surface area contributed by atoms with Crippen molar-refractivity contribution in [1.82, 2.24) is 9.80 Å². The minimum absolute atomic E-state index is 0.241. The van der Waals surface area contributed by atoms with Crippen molar-refractivity contribution in [3.63, 3.8) is 0 Å². The third kappa shape index (κ3) is 4.53. The smallest absolute Gasteiger partial charge is 0.0807 e. The second-order valence-corrected chi connectivity index (χ2v) is 6.52. The van der Waals surface area contributed by atoms with Gasteiger partial charge in [-0.2, -0.15) is 0 Å². The first kappa shape index (κ1) is 17.4. The molecule has 0 radical (unpaired) electrons. The summed E-state index contributed by atoms with van der Waals surface area (Å²) in [4.78, 5) is 4.71. The van der Waals surface area contributed by atoms with Gasteiger partial charge in [-0.25, -0.2) is 0 Å². The van der Waals surface area contributed by atoms with E-state index in [4.69, 9.17) is 5.11 Å². The normalized spacial score (nSPS) is 18.6. The molecule has 2 N–H and O–H groups in total. The number of aliphatic hydroxyl groups excluding tert-OH is 2. The van der Waals surface area contributed by atoms with Crippen molar-refractivity contribution in [1.29, 1.82) is 0 Å². The Labute approximate surface area is 134 Å². The van der Waals surface area contributed by atoms with Crippen molar-refractivity contribution in [2.75, 3.05) is 45.9 Å². The zero-order valence-electron chi connectivity index (χ0n) is 14.2. The molecule has 1 aromatic rings. The molecule has 4 nitrogen and oxygen atoms in total. The van der Waals surface area contributed by atoms with Crippen LogP contribution in [0.2, 0.25) is 0 Å². The number of aliphatic hydroxyl groups is 2. The number of aryl methyl sites for hydroxylation is 3. The largest absolute Gasteiger partial charge is 0.395 e. The minimum atomic E-state index is -0.379. The Morgan fingerprint density at radius 3 is 1.95 bits per heavy atom. The van der Waals surface area contributed by atoms with Crippen LogP contribution in [-0.2, 0) is 0 Å². The van der Waals surface area contributed by atoms with Crippen LogP contribution >= 0.6 is 0 Å². The fourth-order valence-electron chi connectivity index (χ4n) is 3.54. The number of piperazine rings is 1. The Morgan fingerprint density at radius 2 is 1.45 bits per heavy atom. The Bertz CT molecular complexity index is 459. The standard InChI is InChI=1S/C18H30N2O2/c1-14-12-15(2)18(16(3)13-14)17(22)4-5-19-6-8-20(9-7-19)10-11-21/h12-13,17,21-22H,4-11H2,1-3H3. The Kier molecular flexibility index (Phi) is 6.38. The highest BCUT2D eigenvalue weighted by molar-refractivity contribution is 5.38. The van der Waals surface area contributed by atoms with Crippen LogP contribution in [0.5, 0.6) is 0 Å². The van der Waals surface area contributed by atoms with Crippen molar-refractivity contribution >= 4 is 0 Å². The van der Waals surface area contributed by atoms with Crippen molar-refractivity contribution in [3.8, 4) is 0 Å². The van der Waals surface area contributed by atoms with Crippen LogP contribution in [0.3, 0.4) is 0 Å². The number of benzene rings is 1. The quantitative estimate of drug-likeness (QED) is 0.839. The number of nitrogens with zero attached hydrogens (tertiary/aromatic N) is 2. The first-order valence-corrected chi connectivity index (χ1v) is 8.32. The topological polar surface area (TPSA) is 46.9 Å². The maximum absolute atomic E-state index is 10.6. The van der Waals surface area contributed by atoms with Gasteiger partial charge in [-0.1, -0.05) is 17.7 Å². The van der Waals surface area contributed by atoms with E-state index in [1.807, 2.05) is 0 Å². The molecule has 2 rings (SSSR count). The van der Waals surface area contributed by atoms with Gasteiger partial charge in [0, 0.05) is 39.3 Å². The SMILES string of the molecule is Cc1cc(C)c(C(O)CCN2CCN(CCO)CC2)c(C)c1. The molecule has 0 spiro atoms. The van der Waals surface area contributed by atoms with Gasteiger partial charge in [-0.05, 0) is 43.9 Å². The highest BCUT2D eigenvalue weighted by Gasteiger charge is 2.19. The Balaban J connectivity index is 1.85. The van der Waals surface area contributed by atoms with Crippen LogP contribution in [-0.4, -0.2) is 65.9 Å². The van der Waals surface area contributed by atoms with Crippen LogP contribution in [0, 0.1) is 20.8 Å². The lowest BCUT2D eigenvalue weighted by molar-refractivity contribution is 0.0920. The van der Waals surface area contributed by atoms with Crippen LogP contribution in [0.4, 0.5) is 0 Å². The van der Waals surface area contributed by atoms with Crippen molar-refractivity contribution in [3.05, 3.63) is 34.4 Å². The summed E-state index contributed by atoms with van der Waals surface area (Å²) >= 11 is 0. The third-order valence-corrected chi connectivity index (χ3v) is 4.67. The molecule has 1 unspecified atom stereocenters. The molecule has 1 aromatic carbocycles. The summed E-state index contributed by atoms with van der Waals surface area (Å²) in [6.45, 7) is 12.3. The summed E-state index contributed by atoms with van der Waals surface area (Å²) in [5, 5.41) is 19.5. The molecule has 1 saturated heterocycles. The minimum Gasteiger partial charge on any atom is -0.395 e. The highest BCUT2D eigenvalue weighted by Crippen LogP contribution is 2.26. The second kappa shape index (κ2) is 8.06. The van der Waals surface area contributed by atoms with E-state index in [2.05, 4.69) is 42.7 Å². The van der Waals surface area contributed by atoms with E-state index < -0.39 is 0 Å². The lowest BCUT2D eigenvalue weighted by atomic mass is 9.94. The molecular weight excluding hydrogens is 276 g/mol. The lowest BCUT2D eigenvalue weighted by Gasteiger charge is -2.34. The van der Waals surface area contributed by atoms with E-state index in [1.165, 1.54) is 16.7 Å². The van der Waals surface area contributed by atoms with Gasteiger partial charge in [0.05, 0.1) is 12.7 Å². The van der Waals surface area contributed by atoms with Gasteiger partial charge in [0.2, 0.25) is 0 Å². The first-order valence-electron chi connectivity index (χ1n) is 8.32. The van der Waals surface area contributed by atoms with Gasteiger partial charge >= 0.3 is 0 Å². The number of hydrogen-bond acceptors (Lipinski definition) is 4. The van der Waals surface area contributed by atoms with E-state index >= 15 is 0 Å². The number of β-amino-alcohol motifs (C(OH)–C–C–N with tert-alkyl or cyclic N) is 1. The monoisotopic (exact) mass is 306 g/mol. The van der Waals surface area contributed by atoms with Crippen LogP contribution in [0.1, 0.15) is 34.8 Å². The number of rotatable bonds is 6. The van der Waals surface area contributed by atoms with Gasteiger partial charge in [0.15, 0.2) is 0 Å². The fraction of sp³-hybridized carbons (Fsp3) is 0.667. The molecule has 1 fully saturated rings. The average molecular weight is 306 g/mol. The maximum atomic E-state index is 10.6. The molecule has 0 aliphatic carbocycles. The molecule has 1 atom stereocenters. The lowest BCUT2D eigenvalue weighted by Crippen LogP contribution is -2.47. The molecule has 1 aliphatic rings. The first-order chi connectivity index (χ1) is 10.5. The third-order valence-electron chi connectivity index (χ3n) is 4.67. The van der Waals surface area contributed by atoms with Gasteiger partial charge in [0.1, 0.15) is 0 Å². The molecule has 0 bridgehead atoms. The van der Waals surface area contributed by atoms with Crippen LogP contribution < -0.4 is 0 Å². The molecule has 4 heteroatoms. The van der Waals surface area contributed by atoms with Gasteiger partial charge < -0.3 is 15.1 Å². The van der Waals surface area contributed by atoms with E-state index in [1.54, 1.807) is 0 Å². The van der Waals surface area contributed by atoms with Gasteiger partial charge in [-0.3, -0.25) is 4.90 Å². The van der Waals surface area contributed by atoms with Crippen molar-refractivity contribution in [2.45, 2.75) is 33.3 Å². The average Bonchev–Trinajstić information content (AvgIpc) is 2.46. The molecule has 0 saturated carbocycles. The molecule has 0 aromatic heterocycles. The van der Waals surface area contributed by atoms with Crippen LogP contribution in [0.25, 0.3) is 0 Å². The van der Waals surface area contributed by atoms with Gasteiger partial charge in [-0.15, -0.1) is 0 Å². The Hall–Kier alpha value is -0.940. The van der Waals surface area contributed by atoms with E-state index in [0.29, 0.717) is 0 Å². The summed E-state index contributed by atoms with van der Waals surface area (Å²) in [7, 11) is 0. The van der Waals surface area contributed by atoms with E-state index in [-0.39, 0.29) is 12.7 Å². The van der Waals surface area contributed by atoms with Crippen molar-refractivity contribution in [2.24, 2.45) is 0 Å². The zero-order chi connectivity index (χ0) is 16.1. The summed E-state index contributed by atoms with van der Waals surface area (Å²) in [5.74, 6) is 0. The van der Waals surface area contributed by atoms with Gasteiger partial charge in [0.25, 0.3) is 0 Å². The zero-order valence-corrected chi connectivity index (χ0v) is 14.2. The Morgan fingerprint density at radius 1 is 0.955 bits per heavy atom. The molecule has 0 amide bonds. The molecule has 1 heterocycles. The molecule has 1 aliphatic heterocycles. The molecule has 124 valence electrons. The predicted molar refractivity (Wildman–Crippen MR) is 90.2 cm³/mol. The maximum Gasteiger partial charge on any atom is 0.0807 e. The predicted octanol–water partition coefficient (Wildman–Crippen LogP) is 1.65. The van der Waals surface area contributed by atoms with E-state index in [0.717, 1.165) is 51.3 Å². The van der Waals surface area contributed by atoms with Crippen LogP contribution in [0.15, 0.2) is 12.1 Å². The number of hydrogen-bond donors (Lipinski definition) is 2. The molecule has 22 heavy (non-hydrogen) atoms. The summed E-state index contributed by atoms with van der Waals surface area (Å²) in [6.07, 6.45) is 0.404. The highest BCUT2D eigenvalue weighted by atomic mass is 16.3. The summed E-state index contributed by atoms with van der Waals surface area (Å²) in [5.41, 5.74) is 4.74. The van der Waals surface area contributed by atoms with Crippen molar-refractivity contribution < 1.29 is 10.2 Å². The summed E-state index contributed by atoms with van der Waals surface area (Å²) < 4.78 is 0. The fourth-order valence-corrected chi connectivity index (χ4v) is 3.54.